The van der Waals surface area contributed by atoms with Gasteiger partial charge in [-0.2, -0.15) is 0 Å². The summed E-state index contributed by atoms with van der Waals surface area (Å²) in [5.41, 5.74) is 3.68. The minimum Gasteiger partial charge on any atom is -0.306 e. The second-order valence-electron chi connectivity index (χ2n) is 4.65. The maximum absolute atomic E-state index is 4.06. The number of hydrogen-bond donors (Lipinski definition) is 0. The summed E-state index contributed by atoms with van der Waals surface area (Å²) >= 11 is 0. The third-order valence-corrected chi connectivity index (χ3v) is 3.20. The summed E-state index contributed by atoms with van der Waals surface area (Å²) in [6, 6.07) is 18.9. The Labute approximate surface area is 119 Å². The first-order chi connectivity index (χ1) is 9.92. The molecule has 98 valence electrons. The van der Waals surface area contributed by atoms with E-state index in [1.807, 2.05) is 23.2 Å². The van der Waals surface area contributed by atoms with E-state index < -0.39 is 0 Å². The maximum atomic E-state index is 4.06. The molecule has 0 atom stereocenters. The fraction of sp³-hybridized carbons (Fsp3) is 0.0556. The van der Waals surface area contributed by atoms with Gasteiger partial charge in [0.05, 0.1) is 6.33 Å². The number of nitrogens with zero attached hydrogens (tertiary/aromatic N) is 2. The fourth-order valence-electron chi connectivity index (χ4n) is 2.11. The molecule has 0 fully saturated rings. The van der Waals surface area contributed by atoms with Crippen LogP contribution in [0.4, 0.5) is 0 Å². The quantitative estimate of drug-likeness (QED) is 0.689. The zero-order valence-corrected chi connectivity index (χ0v) is 11.2. The Balaban J connectivity index is 1.65. The van der Waals surface area contributed by atoms with Gasteiger partial charge in [-0.1, -0.05) is 54.6 Å². The SMILES string of the molecule is C(=C\c1ccccc1)/Cc1ccc(-n2ccnc2)cc1. The second kappa shape index (κ2) is 6.02. The lowest BCUT2D eigenvalue weighted by molar-refractivity contribution is 1.05. The van der Waals surface area contributed by atoms with Gasteiger partial charge in [0.2, 0.25) is 0 Å². The molecule has 1 aromatic heterocycles. The van der Waals surface area contributed by atoms with Crippen LogP contribution in [0, 0.1) is 0 Å². The molecule has 0 radical (unpaired) electrons. The summed E-state index contributed by atoms with van der Waals surface area (Å²) in [5.74, 6) is 0. The molecule has 0 aliphatic carbocycles. The van der Waals surface area contributed by atoms with Crippen LogP contribution in [-0.4, -0.2) is 9.55 Å². The predicted octanol–water partition coefficient (Wildman–Crippen LogP) is 4.13. The van der Waals surface area contributed by atoms with Gasteiger partial charge in [0.1, 0.15) is 0 Å². The van der Waals surface area contributed by atoms with Crippen LogP contribution in [0.3, 0.4) is 0 Å². The smallest absolute Gasteiger partial charge is 0.0991 e. The number of imidazole rings is 1. The zero-order chi connectivity index (χ0) is 13.6. The van der Waals surface area contributed by atoms with Crippen LogP contribution in [0.25, 0.3) is 11.8 Å². The van der Waals surface area contributed by atoms with Gasteiger partial charge in [0.15, 0.2) is 0 Å². The molecular weight excluding hydrogens is 244 g/mol. The van der Waals surface area contributed by atoms with Crippen LogP contribution < -0.4 is 0 Å². The van der Waals surface area contributed by atoms with E-state index in [9.17, 15) is 0 Å². The van der Waals surface area contributed by atoms with E-state index in [1.54, 1.807) is 6.20 Å². The minimum absolute atomic E-state index is 0.944. The lowest BCUT2D eigenvalue weighted by atomic mass is 10.1. The molecule has 0 spiro atoms. The fourth-order valence-corrected chi connectivity index (χ4v) is 2.11. The van der Waals surface area contributed by atoms with E-state index in [2.05, 4.69) is 65.7 Å². The van der Waals surface area contributed by atoms with Gasteiger partial charge in [-0.25, -0.2) is 4.98 Å². The summed E-state index contributed by atoms with van der Waals surface area (Å²) in [6.07, 6.45) is 10.8. The van der Waals surface area contributed by atoms with Gasteiger partial charge in [-0.15, -0.1) is 0 Å². The molecule has 1 heterocycles. The number of aromatic nitrogens is 2. The van der Waals surface area contributed by atoms with E-state index in [0.717, 1.165) is 12.1 Å². The second-order valence-corrected chi connectivity index (χ2v) is 4.65. The molecule has 0 unspecified atom stereocenters. The molecule has 0 N–H and O–H groups in total. The maximum Gasteiger partial charge on any atom is 0.0991 e. The molecule has 0 saturated carbocycles. The number of allylic oxidation sites excluding steroid dienone is 1. The highest BCUT2D eigenvalue weighted by molar-refractivity contribution is 5.49. The Bertz CT molecular complexity index is 665. The highest BCUT2D eigenvalue weighted by atomic mass is 15.0. The average molecular weight is 260 g/mol. The summed E-state index contributed by atoms with van der Waals surface area (Å²) in [5, 5.41) is 0. The van der Waals surface area contributed by atoms with Crippen molar-refractivity contribution < 1.29 is 0 Å². The van der Waals surface area contributed by atoms with E-state index in [4.69, 9.17) is 0 Å². The lowest BCUT2D eigenvalue weighted by Gasteiger charge is -2.03. The number of rotatable bonds is 4. The minimum atomic E-state index is 0.944. The largest absolute Gasteiger partial charge is 0.306 e. The van der Waals surface area contributed by atoms with E-state index in [-0.39, 0.29) is 0 Å². The van der Waals surface area contributed by atoms with Crippen molar-refractivity contribution in [2.24, 2.45) is 0 Å². The van der Waals surface area contributed by atoms with Gasteiger partial charge in [-0.3, -0.25) is 0 Å². The van der Waals surface area contributed by atoms with Gasteiger partial charge < -0.3 is 4.57 Å². The van der Waals surface area contributed by atoms with Gasteiger partial charge >= 0.3 is 0 Å². The molecular formula is C18H16N2. The van der Waals surface area contributed by atoms with Crippen LogP contribution in [0.15, 0.2) is 79.4 Å². The zero-order valence-electron chi connectivity index (χ0n) is 11.2. The Hall–Kier alpha value is -2.61. The van der Waals surface area contributed by atoms with Crippen molar-refractivity contribution >= 4 is 6.08 Å². The van der Waals surface area contributed by atoms with Crippen molar-refractivity contribution in [3.63, 3.8) is 0 Å². The Morgan fingerprint density at radius 3 is 2.45 bits per heavy atom. The first kappa shape index (κ1) is 12.4. The Kier molecular flexibility index (Phi) is 3.74. The molecule has 20 heavy (non-hydrogen) atoms. The van der Waals surface area contributed by atoms with Crippen molar-refractivity contribution in [2.45, 2.75) is 6.42 Å². The normalized spacial score (nSPS) is 11.0. The molecule has 3 aromatic rings. The topological polar surface area (TPSA) is 17.8 Å². The van der Waals surface area contributed by atoms with Gasteiger partial charge in [-0.05, 0) is 29.7 Å². The number of benzene rings is 2. The molecule has 0 aliphatic rings. The van der Waals surface area contributed by atoms with Crippen molar-refractivity contribution in [2.75, 3.05) is 0 Å². The molecule has 3 rings (SSSR count). The highest BCUT2D eigenvalue weighted by Gasteiger charge is 1.95. The first-order valence-electron chi connectivity index (χ1n) is 6.71. The summed E-state index contributed by atoms with van der Waals surface area (Å²) in [7, 11) is 0. The molecule has 0 aliphatic heterocycles. The van der Waals surface area contributed by atoms with Crippen LogP contribution in [0.2, 0.25) is 0 Å². The van der Waals surface area contributed by atoms with E-state index in [0.29, 0.717) is 0 Å². The highest BCUT2D eigenvalue weighted by Crippen LogP contribution is 2.11. The average Bonchev–Trinajstić information content (AvgIpc) is 3.03. The molecule has 2 heteroatoms. The van der Waals surface area contributed by atoms with Crippen LogP contribution >= 0.6 is 0 Å². The molecule has 2 nitrogen and oxygen atoms in total. The van der Waals surface area contributed by atoms with Crippen LogP contribution in [-0.2, 0) is 6.42 Å². The predicted molar refractivity (Wildman–Crippen MR) is 82.7 cm³/mol. The third kappa shape index (κ3) is 3.04. The van der Waals surface area contributed by atoms with Crippen molar-refractivity contribution in [1.82, 2.24) is 9.55 Å². The van der Waals surface area contributed by atoms with E-state index >= 15 is 0 Å². The summed E-state index contributed by atoms with van der Waals surface area (Å²) < 4.78 is 2.00. The van der Waals surface area contributed by atoms with Gasteiger partial charge in [0, 0.05) is 18.1 Å². The Morgan fingerprint density at radius 2 is 1.75 bits per heavy atom. The number of hydrogen-bond acceptors (Lipinski definition) is 1. The standard InChI is InChI=1S/C18H16N2/c1-2-5-16(6-3-1)7-4-8-17-9-11-18(12-10-17)20-14-13-19-15-20/h1-7,9-15H,8H2/b7-4+. The van der Waals surface area contributed by atoms with Crippen molar-refractivity contribution in [1.29, 1.82) is 0 Å². The van der Waals surface area contributed by atoms with Crippen LogP contribution in [0.5, 0.6) is 0 Å². The summed E-state index contributed by atoms with van der Waals surface area (Å²) in [6.45, 7) is 0. The van der Waals surface area contributed by atoms with E-state index in [1.165, 1.54) is 11.1 Å². The first-order valence-corrected chi connectivity index (χ1v) is 6.71. The van der Waals surface area contributed by atoms with Gasteiger partial charge in [0.25, 0.3) is 0 Å². The lowest BCUT2D eigenvalue weighted by Crippen LogP contribution is -1.90. The molecule has 0 bridgehead atoms. The molecule has 2 aromatic carbocycles. The van der Waals surface area contributed by atoms with Crippen LogP contribution in [0.1, 0.15) is 11.1 Å². The Morgan fingerprint density at radius 1 is 0.950 bits per heavy atom. The molecule has 0 amide bonds. The van der Waals surface area contributed by atoms with Crippen molar-refractivity contribution in [3.05, 3.63) is 90.5 Å². The van der Waals surface area contributed by atoms with Crippen molar-refractivity contribution in [3.8, 4) is 5.69 Å². The molecule has 0 saturated heterocycles. The third-order valence-electron chi connectivity index (χ3n) is 3.20. The monoisotopic (exact) mass is 260 g/mol. The summed E-state index contributed by atoms with van der Waals surface area (Å²) in [4.78, 5) is 4.06.